The first-order chi connectivity index (χ1) is 15.7. The van der Waals surface area contributed by atoms with Crippen LogP contribution < -0.4 is 10.7 Å². The lowest BCUT2D eigenvalue weighted by molar-refractivity contribution is -0.121. The van der Waals surface area contributed by atoms with Gasteiger partial charge in [0.15, 0.2) is 5.43 Å². The van der Waals surface area contributed by atoms with Crippen LogP contribution in [0.2, 0.25) is 0 Å². The molecule has 1 N–H and O–H groups in total. The molecule has 0 saturated heterocycles. The fourth-order valence-corrected chi connectivity index (χ4v) is 3.91. The second kappa shape index (κ2) is 8.47. The molecular weight excluding hydrogens is 402 g/mol. The summed E-state index contributed by atoms with van der Waals surface area (Å²) in [6, 6.07) is 22.8. The quantitative estimate of drug-likeness (QED) is 0.426. The summed E-state index contributed by atoms with van der Waals surface area (Å²) in [5.41, 5.74) is 3.61. The number of benzene rings is 3. The second-order valence-electron chi connectivity index (χ2n) is 7.64. The molecule has 0 aliphatic rings. The van der Waals surface area contributed by atoms with E-state index in [4.69, 9.17) is 0 Å². The number of fused-ring (bicyclic) bond motifs is 2. The minimum Gasteiger partial charge on any atom is -0.350 e. The number of rotatable bonds is 6. The number of hydrogen-bond acceptors (Lipinski definition) is 4. The third-order valence-electron chi connectivity index (χ3n) is 5.50. The number of para-hydroxylation sites is 2. The summed E-state index contributed by atoms with van der Waals surface area (Å²) in [6.07, 6.45) is 3.19. The van der Waals surface area contributed by atoms with Crippen molar-refractivity contribution in [2.24, 2.45) is 0 Å². The van der Waals surface area contributed by atoms with Gasteiger partial charge in [0.1, 0.15) is 19.2 Å². The van der Waals surface area contributed by atoms with E-state index in [2.05, 4.69) is 15.4 Å². The number of carbonyl (C=O) groups excluding carboxylic acids is 1. The molecule has 2 heterocycles. The Kier molecular flexibility index (Phi) is 5.21. The van der Waals surface area contributed by atoms with E-state index in [-0.39, 0.29) is 17.9 Å². The largest absolute Gasteiger partial charge is 0.350 e. The van der Waals surface area contributed by atoms with Crippen molar-refractivity contribution in [3.63, 3.8) is 0 Å². The molecule has 0 unspecified atom stereocenters. The van der Waals surface area contributed by atoms with Crippen molar-refractivity contribution < 1.29 is 4.79 Å². The van der Waals surface area contributed by atoms with Gasteiger partial charge in [0.05, 0.1) is 17.6 Å². The summed E-state index contributed by atoms with van der Waals surface area (Å²) >= 11 is 0. The van der Waals surface area contributed by atoms with Crippen molar-refractivity contribution >= 4 is 27.7 Å². The topological polar surface area (TPSA) is 81.8 Å². The number of nitrogens with zero attached hydrogens (tertiary/aromatic N) is 4. The first kappa shape index (κ1) is 19.7. The van der Waals surface area contributed by atoms with Gasteiger partial charge in [-0.2, -0.15) is 5.10 Å². The number of nitrogens with one attached hydrogen (secondary N) is 1. The Morgan fingerprint density at radius 2 is 1.47 bits per heavy atom. The molecule has 3 aromatic carbocycles. The van der Waals surface area contributed by atoms with Crippen LogP contribution in [0.15, 0.2) is 90.2 Å². The highest BCUT2D eigenvalue weighted by molar-refractivity contribution is 5.94. The molecule has 5 rings (SSSR count). The minimum atomic E-state index is -0.115. The van der Waals surface area contributed by atoms with Crippen LogP contribution >= 0.6 is 0 Å². The van der Waals surface area contributed by atoms with Gasteiger partial charge in [-0.3, -0.25) is 9.59 Å². The fourth-order valence-electron chi connectivity index (χ4n) is 3.91. The summed E-state index contributed by atoms with van der Waals surface area (Å²) in [6.45, 7) is 1.21. The average molecular weight is 423 g/mol. The molecule has 0 radical (unpaired) electrons. The van der Waals surface area contributed by atoms with Crippen LogP contribution in [0.25, 0.3) is 21.8 Å². The number of amides is 1. The predicted octanol–water partition coefficient (Wildman–Crippen LogP) is 3.11. The Bertz CT molecular complexity index is 1390. The van der Waals surface area contributed by atoms with E-state index in [0.717, 1.165) is 22.2 Å². The van der Waals surface area contributed by atoms with Crippen molar-refractivity contribution in [3.8, 4) is 0 Å². The molecule has 0 atom stereocenters. The zero-order valence-corrected chi connectivity index (χ0v) is 17.3. The molecule has 0 spiro atoms. The number of carbonyl (C=O) groups is 1. The van der Waals surface area contributed by atoms with Crippen LogP contribution in [-0.4, -0.2) is 25.2 Å². The Morgan fingerprint density at radius 1 is 0.844 bits per heavy atom. The van der Waals surface area contributed by atoms with Crippen LogP contribution in [0.5, 0.6) is 0 Å². The lowest BCUT2D eigenvalue weighted by atomic mass is 10.1. The number of hydrogen-bond donors (Lipinski definition) is 1. The molecule has 7 nitrogen and oxygen atoms in total. The molecule has 7 heteroatoms. The summed E-state index contributed by atoms with van der Waals surface area (Å²) in [5.74, 6) is -0.115. The fraction of sp³-hybridized carbons (Fsp3) is 0.120. The molecule has 0 saturated carbocycles. The van der Waals surface area contributed by atoms with Gasteiger partial charge in [0, 0.05) is 17.3 Å². The Morgan fingerprint density at radius 3 is 2.09 bits per heavy atom. The number of pyridine rings is 1. The van der Waals surface area contributed by atoms with Crippen molar-refractivity contribution in [2.75, 3.05) is 0 Å². The van der Waals surface area contributed by atoms with Crippen LogP contribution in [0, 0.1) is 0 Å². The van der Waals surface area contributed by atoms with Gasteiger partial charge in [0.25, 0.3) is 0 Å². The molecule has 2 aromatic heterocycles. The molecule has 0 aliphatic carbocycles. The molecule has 0 bridgehead atoms. The Hall–Kier alpha value is -4.26. The van der Waals surface area contributed by atoms with Crippen molar-refractivity contribution in [2.45, 2.75) is 19.6 Å². The van der Waals surface area contributed by atoms with Crippen LogP contribution in [0.1, 0.15) is 11.1 Å². The molecule has 158 valence electrons. The zero-order chi connectivity index (χ0) is 21.9. The Labute approximate surface area is 183 Å². The SMILES string of the molecule is O=C(Cn1c2ccccc2c(=O)c2ccccc21)NCc1ccc(Cn2cncn2)cc1. The smallest absolute Gasteiger partial charge is 0.240 e. The van der Waals surface area contributed by atoms with Gasteiger partial charge >= 0.3 is 0 Å². The third-order valence-corrected chi connectivity index (χ3v) is 5.50. The van der Waals surface area contributed by atoms with Gasteiger partial charge < -0.3 is 9.88 Å². The molecule has 32 heavy (non-hydrogen) atoms. The van der Waals surface area contributed by atoms with E-state index in [0.29, 0.717) is 23.9 Å². The Balaban J connectivity index is 1.33. The second-order valence-corrected chi connectivity index (χ2v) is 7.64. The van der Waals surface area contributed by atoms with Gasteiger partial charge in [0.2, 0.25) is 5.91 Å². The monoisotopic (exact) mass is 423 g/mol. The lowest BCUT2D eigenvalue weighted by Gasteiger charge is -2.15. The first-order valence-corrected chi connectivity index (χ1v) is 10.4. The van der Waals surface area contributed by atoms with E-state index < -0.39 is 0 Å². The molecular formula is C25H21N5O2. The summed E-state index contributed by atoms with van der Waals surface area (Å²) in [4.78, 5) is 29.6. The highest BCUT2D eigenvalue weighted by Gasteiger charge is 2.12. The summed E-state index contributed by atoms with van der Waals surface area (Å²) < 4.78 is 3.67. The van der Waals surface area contributed by atoms with E-state index in [1.54, 1.807) is 23.1 Å². The first-order valence-electron chi connectivity index (χ1n) is 10.4. The van der Waals surface area contributed by atoms with E-state index in [1.807, 2.05) is 65.2 Å². The highest BCUT2D eigenvalue weighted by atomic mass is 16.2. The van der Waals surface area contributed by atoms with Gasteiger partial charge in [-0.15, -0.1) is 0 Å². The van der Waals surface area contributed by atoms with E-state index in [9.17, 15) is 9.59 Å². The van der Waals surface area contributed by atoms with Crippen molar-refractivity contribution in [1.29, 1.82) is 0 Å². The third kappa shape index (κ3) is 3.88. The van der Waals surface area contributed by atoms with E-state index >= 15 is 0 Å². The average Bonchev–Trinajstić information content (AvgIpc) is 3.34. The summed E-state index contributed by atoms with van der Waals surface area (Å²) in [7, 11) is 0. The predicted molar refractivity (Wildman–Crippen MR) is 123 cm³/mol. The maximum atomic E-state index is 12.8. The molecule has 5 aromatic rings. The number of aromatic nitrogens is 4. The normalized spacial score (nSPS) is 11.1. The molecule has 1 amide bonds. The maximum Gasteiger partial charge on any atom is 0.240 e. The van der Waals surface area contributed by atoms with E-state index in [1.165, 1.54) is 6.33 Å². The van der Waals surface area contributed by atoms with Gasteiger partial charge in [-0.25, -0.2) is 9.67 Å². The van der Waals surface area contributed by atoms with Crippen LogP contribution in [-0.2, 0) is 24.4 Å². The van der Waals surface area contributed by atoms with Crippen LogP contribution in [0.3, 0.4) is 0 Å². The van der Waals surface area contributed by atoms with Gasteiger partial charge in [-0.1, -0.05) is 48.5 Å². The van der Waals surface area contributed by atoms with Gasteiger partial charge in [-0.05, 0) is 35.4 Å². The highest BCUT2D eigenvalue weighted by Crippen LogP contribution is 2.19. The standard InChI is InChI=1S/C25H21N5O2/c31-24(27-13-18-9-11-19(12-10-18)14-29-17-26-16-28-29)15-30-22-7-3-1-5-20(22)25(32)21-6-2-4-8-23(21)30/h1-12,16-17H,13-15H2,(H,27,31). The minimum absolute atomic E-state index is 0.0150. The molecule has 0 aliphatic heterocycles. The zero-order valence-electron chi connectivity index (χ0n) is 17.3. The summed E-state index contributed by atoms with van der Waals surface area (Å²) in [5, 5.41) is 8.33. The maximum absolute atomic E-state index is 12.8. The molecule has 0 fully saturated rings. The van der Waals surface area contributed by atoms with Crippen LogP contribution in [0.4, 0.5) is 0 Å². The van der Waals surface area contributed by atoms with Crippen molar-refractivity contribution in [1.82, 2.24) is 24.6 Å². The van der Waals surface area contributed by atoms with Crippen molar-refractivity contribution in [3.05, 3.63) is 107 Å². The lowest BCUT2D eigenvalue weighted by Crippen LogP contribution is -2.28.